The Morgan fingerprint density at radius 2 is 2.00 bits per heavy atom. The quantitative estimate of drug-likeness (QED) is 0.391. The van der Waals surface area contributed by atoms with Crippen molar-refractivity contribution in [3.8, 4) is 11.3 Å². The van der Waals surface area contributed by atoms with Gasteiger partial charge in [-0.05, 0) is 24.6 Å². The number of aromatic amines is 1. The molecule has 4 aromatic rings. The molecule has 8 nitrogen and oxygen atoms in total. The third-order valence-corrected chi connectivity index (χ3v) is 7.49. The topological polar surface area (TPSA) is 84.7 Å². The van der Waals surface area contributed by atoms with Crippen LogP contribution < -0.4 is 0 Å². The number of likely N-dealkylation sites (tertiary alicyclic amines) is 1. The third-order valence-electron chi connectivity index (χ3n) is 7.49. The summed E-state index contributed by atoms with van der Waals surface area (Å²) in [6.45, 7) is 3.07. The fourth-order valence-electron chi connectivity index (χ4n) is 5.14. The number of aryl methyl sites for hydroxylation is 1. The number of aromatic nitrogens is 6. The highest BCUT2D eigenvalue weighted by atomic mass is 19.4. The van der Waals surface area contributed by atoms with E-state index in [0.29, 0.717) is 41.8 Å². The Bertz CT molecular complexity index is 1450. The zero-order chi connectivity index (χ0) is 25.9. The van der Waals surface area contributed by atoms with Crippen molar-refractivity contribution in [1.82, 2.24) is 34.8 Å². The summed E-state index contributed by atoms with van der Waals surface area (Å²) in [6.07, 6.45) is -3.36. The summed E-state index contributed by atoms with van der Waals surface area (Å²) in [6, 6.07) is 8.18. The summed E-state index contributed by atoms with van der Waals surface area (Å²) in [4.78, 5) is 5.71. The van der Waals surface area contributed by atoms with Crippen molar-refractivity contribution >= 4 is 10.9 Å². The molecule has 2 fully saturated rings. The van der Waals surface area contributed by atoms with E-state index in [1.54, 1.807) is 18.2 Å². The van der Waals surface area contributed by atoms with Gasteiger partial charge in [-0.3, -0.25) is 10.00 Å². The first kappa shape index (κ1) is 24.0. The molecule has 1 aromatic carbocycles. The van der Waals surface area contributed by atoms with Gasteiger partial charge in [0.05, 0.1) is 30.5 Å². The Hall–Kier alpha value is -3.38. The molecule has 5 heterocycles. The van der Waals surface area contributed by atoms with E-state index in [2.05, 4.69) is 25.4 Å². The van der Waals surface area contributed by atoms with Crippen LogP contribution >= 0.6 is 0 Å². The number of halogens is 4. The summed E-state index contributed by atoms with van der Waals surface area (Å²) in [5.41, 5.74) is 1.38. The highest BCUT2D eigenvalue weighted by Gasteiger charge is 2.42. The lowest BCUT2D eigenvalue weighted by atomic mass is 9.75. The number of benzene rings is 1. The van der Waals surface area contributed by atoms with Gasteiger partial charge in [-0.25, -0.2) is 9.37 Å². The maximum Gasteiger partial charge on any atom is 0.433 e. The molecule has 1 atom stereocenters. The second-order valence-electron chi connectivity index (χ2n) is 10.0. The molecular weight excluding hydrogens is 490 g/mol. The van der Waals surface area contributed by atoms with Gasteiger partial charge in [0.25, 0.3) is 0 Å². The van der Waals surface area contributed by atoms with E-state index in [0.717, 1.165) is 17.5 Å². The van der Waals surface area contributed by atoms with Crippen LogP contribution in [0.5, 0.6) is 0 Å². The minimum absolute atomic E-state index is 0.166. The first-order valence-corrected chi connectivity index (χ1v) is 12.0. The van der Waals surface area contributed by atoms with Gasteiger partial charge in [0.15, 0.2) is 0 Å². The van der Waals surface area contributed by atoms with E-state index in [9.17, 15) is 17.6 Å². The molecule has 0 amide bonds. The van der Waals surface area contributed by atoms with E-state index in [1.165, 1.54) is 0 Å². The number of ether oxygens (including phenoxy) is 1. The smallest absolute Gasteiger partial charge is 0.379 e. The molecule has 0 bridgehead atoms. The van der Waals surface area contributed by atoms with Crippen molar-refractivity contribution in [2.75, 3.05) is 26.3 Å². The minimum Gasteiger partial charge on any atom is -0.379 e. The fourth-order valence-corrected chi connectivity index (χ4v) is 5.14. The van der Waals surface area contributed by atoms with Gasteiger partial charge in [-0.2, -0.15) is 18.3 Å². The minimum atomic E-state index is -4.64. The first-order chi connectivity index (χ1) is 17.6. The fraction of sp³-hybridized carbons (Fsp3) is 0.440. The van der Waals surface area contributed by atoms with E-state index >= 15 is 0 Å². The number of hydrogen-bond acceptors (Lipinski definition) is 6. The van der Waals surface area contributed by atoms with Crippen molar-refractivity contribution in [2.24, 2.45) is 7.05 Å². The second kappa shape index (κ2) is 8.59. The Kier molecular flexibility index (Phi) is 5.57. The Labute approximate surface area is 209 Å². The van der Waals surface area contributed by atoms with Crippen LogP contribution in [0.1, 0.15) is 35.7 Å². The first-order valence-electron chi connectivity index (χ1n) is 12.0. The van der Waals surface area contributed by atoms with Gasteiger partial charge in [0.2, 0.25) is 0 Å². The highest BCUT2D eigenvalue weighted by Crippen LogP contribution is 2.40. The normalized spacial score (nSPS) is 19.1. The van der Waals surface area contributed by atoms with Crippen LogP contribution in [0.2, 0.25) is 0 Å². The molecule has 2 saturated heterocycles. The Balaban J connectivity index is 1.43. The molecule has 3 aromatic heterocycles. The molecular formula is C25H25F4N7O. The lowest BCUT2D eigenvalue weighted by Gasteiger charge is -2.41. The third kappa shape index (κ3) is 4.08. The Morgan fingerprint density at radius 1 is 1.22 bits per heavy atom. The monoisotopic (exact) mass is 515 g/mol. The van der Waals surface area contributed by atoms with E-state index in [1.807, 2.05) is 35.9 Å². The van der Waals surface area contributed by atoms with Crippen LogP contribution in [-0.4, -0.2) is 67.3 Å². The average Bonchev–Trinajstić information content (AvgIpc) is 3.43. The number of nitrogens with zero attached hydrogens (tertiary/aromatic N) is 6. The Morgan fingerprint density at radius 3 is 2.62 bits per heavy atom. The van der Waals surface area contributed by atoms with Crippen LogP contribution in [0.15, 0.2) is 36.7 Å². The predicted octanol–water partition coefficient (Wildman–Crippen LogP) is 4.00. The largest absolute Gasteiger partial charge is 0.433 e. The van der Waals surface area contributed by atoms with Crippen molar-refractivity contribution in [2.45, 2.75) is 37.1 Å². The van der Waals surface area contributed by atoms with Gasteiger partial charge >= 0.3 is 6.18 Å². The number of nitrogens with one attached hydrogen (secondary N) is 1. The average molecular weight is 516 g/mol. The number of pyridine rings is 1. The molecule has 6 rings (SSSR count). The number of alkyl halides is 4. The van der Waals surface area contributed by atoms with Gasteiger partial charge in [0, 0.05) is 42.9 Å². The molecule has 0 unspecified atom stereocenters. The van der Waals surface area contributed by atoms with Gasteiger partial charge < -0.3 is 9.30 Å². The number of H-pyrrole nitrogens is 1. The molecule has 37 heavy (non-hydrogen) atoms. The summed E-state index contributed by atoms with van der Waals surface area (Å²) in [5.74, 6) is 0.819. The van der Waals surface area contributed by atoms with Crippen LogP contribution in [0.25, 0.3) is 22.2 Å². The number of rotatable bonds is 6. The van der Waals surface area contributed by atoms with Crippen molar-refractivity contribution < 1.29 is 22.3 Å². The van der Waals surface area contributed by atoms with Crippen molar-refractivity contribution in [1.29, 1.82) is 0 Å². The maximum absolute atomic E-state index is 13.9. The van der Waals surface area contributed by atoms with E-state index in [4.69, 9.17) is 4.74 Å². The maximum atomic E-state index is 13.9. The molecule has 0 aliphatic carbocycles. The predicted molar refractivity (Wildman–Crippen MR) is 126 cm³/mol. The summed E-state index contributed by atoms with van der Waals surface area (Å²) in [5, 5.41) is 15.8. The number of fused-ring (bicyclic) bond motifs is 1. The van der Waals surface area contributed by atoms with Crippen LogP contribution in [-0.2, 0) is 29.8 Å². The summed E-state index contributed by atoms with van der Waals surface area (Å²) >= 11 is 0. The molecule has 12 heteroatoms. The van der Waals surface area contributed by atoms with Gasteiger partial charge in [0.1, 0.15) is 29.7 Å². The highest BCUT2D eigenvalue weighted by molar-refractivity contribution is 5.94. The molecule has 194 valence electrons. The van der Waals surface area contributed by atoms with Crippen LogP contribution in [0.4, 0.5) is 17.6 Å². The molecule has 2 aliphatic heterocycles. The zero-order valence-corrected chi connectivity index (χ0v) is 20.3. The summed E-state index contributed by atoms with van der Waals surface area (Å²) in [7, 11) is 1.88. The van der Waals surface area contributed by atoms with Crippen LogP contribution in [0, 0.1) is 0 Å². The lowest BCUT2D eigenvalue weighted by Crippen LogP contribution is -2.49. The molecule has 0 saturated carbocycles. The SMILES string of the molecule is C[C@@H](c1nc(C(F)(F)F)cc2c(-c3cccc(C4(Cc5nncn5C)COC4)c3)n[nH]c12)N1CC(F)C1. The summed E-state index contributed by atoms with van der Waals surface area (Å²) < 4.78 is 62.5. The van der Waals surface area contributed by atoms with Crippen LogP contribution in [0.3, 0.4) is 0 Å². The van der Waals surface area contributed by atoms with Gasteiger partial charge in [-0.1, -0.05) is 18.2 Å². The molecule has 1 N–H and O–H groups in total. The van der Waals surface area contributed by atoms with Crippen molar-refractivity contribution in [3.63, 3.8) is 0 Å². The zero-order valence-electron chi connectivity index (χ0n) is 20.3. The lowest BCUT2D eigenvalue weighted by molar-refractivity contribution is -0.141. The second-order valence-corrected chi connectivity index (χ2v) is 10.0. The standard InChI is InChI=1S/C25H25F4N7O/c1-14(36-9-17(26)10-36)21-23-18(7-19(31-21)25(27,28)29)22(33-34-23)15-4-3-5-16(6-15)24(11-37-12-24)8-20-32-30-13-35(20)2/h3-7,13-14,17H,8-12H2,1-2H3,(H,33,34)/t14-/m0/s1. The van der Waals surface area contributed by atoms with Gasteiger partial charge in [-0.15, -0.1) is 10.2 Å². The van der Waals surface area contributed by atoms with E-state index in [-0.39, 0.29) is 24.2 Å². The molecule has 0 spiro atoms. The molecule has 0 radical (unpaired) electrons. The van der Waals surface area contributed by atoms with Crippen molar-refractivity contribution in [3.05, 3.63) is 59.4 Å². The number of hydrogen-bond donors (Lipinski definition) is 1. The molecule has 2 aliphatic rings. The van der Waals surface area contributed by atoms with E-state index < -0.39 is 24.1 Å².